The Morgan fingerprint density at radius 3 is 2.67 bits per heavy atom. The third-order valence-corrected chi connectivity index (χ3v) is 4.69. The van der Waals surface area contributed by atoms with Gasteiger partial charge in [0.2, 0.25) is 5.88 Å². The molecule has 1 aromatic rings. The van der Waals surface area contributed by atoms with E-state index in [0.29, 0.717) is 30.7 Å². The maximum Gasteiger partial charge on any atom is 0.305 e. The lowest BCUT2D eigenvalue weighted by atomic mass is 9.65. The van der Waals surface area contributed by atoms with Crippen molar-refractivity contribution < 1.29 is 24.2 Å². The van der Waals surface area contributed by atoms with Gasteiger partial charge in [-0.25, -0.2) is 4.98 Å². The molecule has 0 aliphatic heterocycles. The fourth-order valence-electron chi connectivity index (χ4n) is 3.38. The SMILES string of the molecule is CCOC(=O)CCC1CC(C(CC(=O)O)c2ccc(OC)nc2)C1. The van der Waals surface area contributed by atoms with E-state index in [1.165, 1.54) is 0 Å². The number of rotatable bonds is 9. The molecule has 0 saturated heterocycles. The van der Waals surface area contributed by atoms with Crippen molar-refractivity contribution in [1.82, 2.24) is 4.98 Å². The highest BCUT2D eigenvalue weighted by Gasteiger charge is 2.36. The topological polar surface area (TPSA) is 85.7 Å². The van der Waals surface area contributed by atoms with Gasteiger partial charge in [-0.2, -0.15) is 0 Å². The van der Waals surface area contributed by atoms with Crippen LogP contribution in [-0.4, -0.2) is 35.7 Å². The van der Waals surface area contributed by atoms with Crippen LogP contribution in [0.2, 0.25) is 0 Å². The monoisotopic (exact) mass is 335 g/mol. The third-order valence-electron chi connectivity index (χ3n) is 4.69. The van der Waals surface area contributed by atoms with Crippen molar-refractivity contribution in [2.24, 2.45) is 11.8 Å². The van der Waals surface area contributed by atoms with Gasteiger partial charge in [-0.05, 0) is 49.5 Å². The van der Waals surface area contributed by atoms with Gasteiger partial charge in [-0.1, -0.05) is 6.07 Å². The summed E-state index contributed by atoms with van der Waals surface area (Å²) in [6.07, 6.45) is 4.96. The van der Waals surface area contributed by atoms with Crippen molar-refractivity contribution in [3.8, 4) is 5.88 Å². The summed E-state index contributed by atoms with van der Waals surface area (Å²) in [5.74, 6) is 0.326. The number of pyridine rings is 1. The molecule has 0 spiro atoms. The van der Waals surface area contributed by atoms with Crippen LogP contribution in [0, 0.1) is 11.8 Å². The second-order valence-corrected chi connectivity index (χ2v) is 6.28. The van der Waals surface area contributed by atoms with E-state index in [4.69, 9.17) is 9.47 Å². The zero-order valence-corrected chi connectivity index (χ0v) is 14.2. The fourth-order valence-corrected chi connectivity index (χ4v) is 3.38. The number of hydrogen-bond acceptors (Lipinski definition) is 5. The first kappa shape index (κ1) is 18.2. The summed E-state index contributed by atoms with van der Waals surface area (Å²) in [6, 6.07) is 3.66. The van der Waals surface area contributed by atoms with Crippen molar-refractivity contribution in [2.45, 2.75) is 44.9 Å². The van der Waals surface area contributed by atoms with Crippen LogP contribution in [0.25, 0.3) is 0 Å². The van der Waals surface area contributed by atoms with E-state index >= 15 is 0 Å². The van der Waals surface area contributed by atoms with Gasteiger partial charge in [-0.15, -0.1) is 0 Å². The molecule has 2 rings (SSSR count). The Bertz CT molecular complexity index is 551. The number of nitrogens with zero attached hydrogens (tertiary/aromatic N) is 1. The predicted molar refractivity (Wildman–Crippen MR) is 87.9 cm³/mol. The van der Waals surface area contributed by atoms with Gasteiger partial charge in [0.15, 0.2) is 0 Å². The number of aromatic nitrogens is 1. The van der Waals surface area contributed by atoms with Gasteiger partial charge in [-0.3, -0.25) is 9.59 Å². The highest BCUT2D eigenvalue weighted by atomic mass is 16.5. The summed E-state index contributed by atoms with van der Waals surface area (Å²) in [5, 5.41) is 9.21. The molecule has 24 heavy (non-hydrogen) atoms. The number of esters is 1. The van der Waals surface area contributed by atoms with E-state index in [2.05, 4.69) is 4.98 Å². The summed E-state index contributed by atoms with van der Waals surface area (Å²) in [6.45, 7) is 2.22. The summed E-state index contributed by atoms with van der Waals surface area (Å²) >= 11 is 0. The van der Waals surface area contributed by atoms with Crippen LogP contribution in [-0.2, 0) is 14.3 Å². The molecule has 1 N–H and O–H groups in total. The smallest absolute Gasteiger partial charge is 0.305 e. The molecule has 1 aliphatic carbocycles. The number of carbonyl (C=O) groups is 2. The molecule has 0 bridgehead atoms. The Labute approximate surface area is 142 Å². The second kappa shape index (κ2) is 8.66. The van der Waals surface area contributed by atoms with Crippen LogP contribution in [0.5, 0.6) is 5.88 Å². The Morgan fingerprint density at radius 1 is 1.38 bits per heavy atom. The second-order valence-electron chi connectivity index (χ2n) is 6.28. The number of carbonyl (C=O) groups excluding carboxylic acids is 1. The van der Waals surface area contributed by atoms with Crippen LogP contribution in [0.15, 0.2) is 18.3 Å². The van der Waals surface area contributed by atoms with Gasteiger partial charge >= 0.3 is 11.9 Å². The van der Waals surface area contributed by atoms with Crippen LogP contribution in [0.3, 0.4) is 0 Å². The first-order chi connectivity index (χ1) is 11.5. The van der Waals surface area contributed by atoms with Crippen molar-refractivity contribution >= 4 is 11.9 Å². The lowest BCUT2D eigenvalue weighted by molar-refractivity contribution is -0.143. The molecular weight excluding hydrogens is 310 g/mol. The molecule has 1 fully saturated rings. The largest absolute Gasteiger partial charge is 0.481 e. The number of carboxylic acids is 1. The highest BCUT2D eigenvalue weighted by Crippen LogP contribution is 2.46. The number of ether oxygens (including phenoxy) is 2. The Morgan fingerprint density at radius 2 is 2.12 bits per heavy atom. The standard InChI is InChI=1S/C18H25NO5/c1-3-24-18(22)7-4-12-8-14(9-12)15(10-17(20)21)13-5-6-16(23-2)19-11-13/h5-6,11-12,14-15H,3-4,7-10H2,1-2H3,(H,20,21). The third kappa shape index (κ3) is 4.94. The van der Waals surface area contributed by atoms with E-state index in [0.717, 1.165) is 24.8 Å². The summed E-state index contributed by atoms with van der Waals surface area (Å²) in [7, 11) is 1.55. The summed E-state index contributed by atoms with van der Waals surface area (Å²) in [4.78, 5) is 26.8. The zero-order chi connectivity index (χ0) is 17.5. The molecule has 1 unspecified atom stereocenters. The average molecular weight is 335 g/mol. The molecule has 6 nitrogen and oxygen atoms in total. The minimum absolute atomic E-state index is 0.0419. The molecule has 0 amide bonds. The molecule has 1 heterocycles. The molecular formula is C18H25NO5. The highest BCUT2D eigenvalue weighted by molar-refractivity contribution is 5.69. The maximum atomic E-state index is 11.4. The number of carboxylic acid groups (broad SMARTS) is 1. The van der Waals surface area contributed by atoms with Crippen LogP contribution in [0.1, 0.15) is 50.5 Å². The Balaban J connectivity index is 1.90. The Hall–Kier alpha value is -2.11. The fraction of sp³-hybridized carbons (Fsp3) is 0.611. The lowest BCUT2D eigenvalue weighted by Crippen LogP contribution is -2.31. The predicted octanol–water partition coefficient (Wildman–Crippen LogP) is 3.02. The van der Waals surface area contributed by atoms with Gasteiger partial charge < -0.3 is 14.6 Å². The van der Waals surface area contributed by atoms with E-state index in [1.54, 1.807) is 26.3 Å². The minimum Gasteiger partial charge on any atom is -0.481 e. The van der Waals surface area contributed by atoms with E-state index in [-0.39, 0.29) is 18.3 Å². The molecule has 1 saturated carbocycles. The summed E-state index contributed by atoms with van der Waals surface area (Å²) in [5.41, 5.74) is 0.937. The lowest BCUT2D eigenvalue weighted by Gasteiger charge is -2.40. The molecule has 6 heteroatoms. The van der Waals surface area contributed by atoms with Crippen LogP contribution < -0.4 is 4.74 Å². The molecule has 132 valence electrons. The molecule has 1 aliphatic rings. The van der Waals surface area contributed by atoms with Gasteiger partial charge in [0.25, 0.3) is 0 Å². The van der Waals surface area contributed by atoms with E-state index in [9.17, 15) is 14.7 Å². The normalized spacial score (nSPS) is 20.8. The van der Waals surface area contributed by atoms with Gasteiger partial charge in [0, 0.05) is 18.7 Å². The maximum absolute atomic E-state index is 11.4. The zero-order valence-electron chi connectivity index (χ0n) is 14.2. The first-order valence-corrected chi connectivity index (χ1v) is 8.40. The molecule has 1 aromatic heterocycles. The van der Waals surface area contributed by atoms with Crippen molar-refractivity contribution in [1.29, 1.82) is 0 Å². The van der Waals surface area contributed by atoms with Crippen molar-refractivity contribution in [3.05, 3.63) is 23.9 Å². The molecule has 1 atom stereocenters. The number of hydrogen-bond donors (Lipinski definition) is 1. The van der Waals surface area contributed by atoms with Gasteiger partial charge in [0.1, 0.15) is 0 Å². The summed E-state index contributed by atoms with van der Waals surface area (Å²) < 4.78 is 9.99. The van der Waals surface area contributed by atoms with E-state index < -0.39 is 5.97 Å². The number of methoxy groups -OCH3 is 1. The van der Waals surface area contributed by atoms with Crippen LogP contribution >= 0.6 is 0 Å². The number of aliphatic carboxylic acids is 1. The quantitative estimate of drug-likeness (QED) is 0.698. The van der Waals surface area contributed by atoms with Gasteiger partial charge in [0.05, 0.1) is 20.1 Å². The van der Waals surface area contributed by atoms with Crippen molar-refractivity contribution in [3.63, 3.8) is 0 Å². The Kier molecular flexibility index (Phi) is 6.58. The molecule has 0 radical (unpaired) electrons. The minimum atomic E-state index is -0.800. The average Bonchev–Trinajstić information content (AvgIpc) is 2.52. The van der Waals surface area contributed by atoms with E-state index in [1.807, 2.05) is 6.07 Å². The van der Waals surface area contributed by atoms with Crippen molar-refractivity contribution in [2.75, 3.05) is 13.7 Å². The van der Waals surface area contributed by atoms with Crippen LogP contribution in [0.4, 0.5) is 0 Å². The first-order valence-electron chi connectivity index (χ1n) is 8.40. The molecule has 0 aromatic carbocycles.